The summed E-state index contributed by atoms with van der Waals surface area (Å²) in [5, 5.41) is 24.1. The Balaban J connectivity index is 1.62. The fourth-order valence-electron chi connectivity index (χ4n) is 2.33. The van der Waals surface area contributed by atoms with Crippen LogP contribution in [-0.4, -0.2) is 11.0 Å². The Labute approximate surface area is 162 Å². The molecule has 0 saturated heterocycles. The van der Waals surface area contributed by atoms with E-state index in [1.54, 1.807) is 36.4 Å². The Bertz CT molecular complexity index is 1020. The number of para-hydroxylation sites is 1. The molecule has 28 heavy (non-hydrogen) atoms. The molecule has 0 saturated carbocycles. The van der Waals surface area contributed by atoms with Gasteiger partial charge in [-0.1, -0.05) is 24.3 Å². The zero-order valence-corrected chi connectivity index (χ0v) is 14.8. The van der Waals surface area contributed by atoms with Gasteiger partial charge in [-0.25, -0.2) is 0 Å². The second-order valence-electron chi connectivity index (χ2n) is 5.76. The molecular formula is C22H17N3O3. The maximum Gasteiger partial charge on any atom is 0.267 e. The summed E-state index contributed by atoms with van der Waals surface area (Å²) < 4.78 is 5.70. The molecule has 138 valence electrons. The highest BCUT2D eigenvalue weighted by molar-refractivity contribution is 6.06. The van der Waals surface area contributed by atoms with Crippen molar-refractivity contribution in [1.82, 2.24) is 0 Å². The second-order valence-corrected chi connectivity index (χ2v) is 5.76. The number of nitriles is 1. The molecule has 3 N–H and O–H groups in total. The molecule has 0 aliphatic carbocycles. The standard InChI is InChI=1S/C22H17N3O3/c23-14-16(15-24-18-5-4-6-19(26)13-18)22(27)25-17-9-11-21(12-10-17)28-20-7-2-1-3-8-20/h1-13,15,24,26H,(H,25,27)/b16-15-. The summed E-state index contributed by atoms with van der Waals surface area (Å²) >= 11 is 0. The molecule has 0 bridgehead atoms. The van der Waals surface area contributed by atoms with Gasteiger partial charge in [0.2, 0.25) is 0 Å². The van der Waals surface area contributed by atoms with E-state index < -0.39 is 5.91 Å². The largest absolute Gasteiger partial charge is 0.508 e. The van der Waals surface area contributed by atoms with Crippen LogP contribution in [0.1, 0.15) is 0 Å². The summed E-state index contributed by atoms with van der Waals surface area (Å²) in [6.45, 7) is 0. The van der Waals surface area contributed by atoms with Crippen LogP contribution in [0.5, 0.6) is 17.2 Å². The lowest BCUT2D eigenvalue weighted by Crippen LogP contribution is -2.14. The molecule has 0 heterocycles. The minimum atomic E-state index is -0.549. The maximum atomic E-state index is 12.3. The SMILES string of the molecule is N#C/C(=C/Nc1cccc(O)c1)C(=O)Nc1ccc(Oc2ccccc2)cc1. The highest BCUT2D eigenvalue weighted by Gasteiger charge is 2.09. The smallest absolute Gasteiger partial charge is 0.267 e. The molecule has 1 amide bonds. The average molecular weight is 371 g/mol. The van der Waals surface area contributed by atoms with E-state index in [1.807, 2.05) is 36.4 Å². The fraction of sp³-hybridized carbons (Fsp3) is 0. The van der Waals surface area contributed by atoms with E-state index in [0.29, 0.717) is 22.9 Å². The number of nitrogens with zero attached hydrogens (tertiary/aromatic N) is 1. The normalized spacial score (nSPS) is 10.6. The second kappa shape index (κ2) is 8.92. The number of ether oxygens (including phenoxy) is 1. The highest BCUT2D eigenvalue weighted by Crippen LogP contribution is 2.23. The molecule has 0 aromatic heterocycles. The quantitative estimate of drug-likeness (QED) is 0.433. The van der Waals surface area contributed by atoms with Crippen molar-refractivity contribution >= 4 is 17.3 Å². The number of amides is 1. The lowest BCUT2D eigenvalue weighted by molar-refractivity contribution is -0.112. The van der Waals surface area contributed by atoms with Crippen LogP contribution < -0.4 is 15.4 Å². The van der Waals surface area contributed by atoms with Crippen LogP contribution in [0.4, 0.5) is 11.4 Å². The van der Waals surface area contributed by atoms with Gasteiger partial charge in [0.15, 0.2) is 0 Å². The van der Waals surface area contributed by atoms with E-state index in [1.165, 1.54) is 18.3 Å². The fourth-order valence-corrected chi connectivity index (χ4v) is 2.33. The average Bonchev–Trinajstić information content (AvgIpc) is 2.71. The molecule has 6 nitrogen and oxygen atoms in total. The lowest BCUT2D eigenvalue weighted by atomic mass is 10.2. The van der Waals surface area contributed by atoms with Gasteiger partial charge in [-0.05, 0) is 48.5 Å². The van der Waals surface area contributed by atoms with Gasteiger partial charge in [-0.3, -0.25) is 4.79 Å². The van der Waals surface area contributed by atoms with Crippen LogP contribution in [0.15, 0.2) is 90.6 Å². The molecule has 3 aromatic rings. The number of hydrogen-bond donors (Lipinski definition) is 3. The van der Waals surface area contributed by atoms with Gasteiger partial charge in [0, 0.05) is 23.6 Å². The Kier molecular flexibility index (Phi) is 5.91. The summed E-state index contributed by atoms with van der Waals surface area (Å²) in [6.07, 6.45) is 1.29. The third-order valence-electron chi connectivity index (χ3n) is 3.69. The molecule has 0 aliphatic rings. The number of phenols is 1. The summed E-state index contributed by atoms with van der Waals surface area (Å²) in [5.74, 6) is 0.879. The zero-order chi connectivity index (χ0) is 19.8. The molecule has 0 spiro atoms. The van der Waals surface area contributed by atoms with Crippen molar-refractivity contribution in [2.24, 2.45) is 0 Å². The minimum absolute atomic E-state index is 0.0826. The number of carbonyl (C=O) groups excluding carboxylic acids is 1. The van der Waals surface area contributed by atoms with Crippen molar-refractivity contribution in [2.45, 2.75) is 0 Å². The van der Waals surface area contributed by atoms with Crippen LogP contribution in [0.25, 0.3) is 0 Å². The minimum Gasteiger partial charge on any atom is -0.508 e. The molecular weight excluding hydrogens is 354 g/mol. The first-order valence-electron chi connectivity index (χ1n) is 8.44. The summed E-state index contributed by atoms with van der Waals surface area (Å²) in [4.78, 5) is 12.3. The highest BCUT2D eigenvalue weighted by atomic mass is 16.5. The number of benzene rings is 3. The Morgan fingerprint density at radius 1 is 0.929 bits per heavy atom. The number of aromatic hydroxyl groups is 1. The van der Waals surface area contributed by atoms with E-state index in [9.17, 15) is 15.2 Å². The Hall–Kier alpha value is -4.24. The molecule has 0 atom stereocenters. The van der Waals surface area contributed by atoms with Crippen LogP contribution in [-0.2, 0) is 4.79 Å². The number of nitrogens with one attached hydrogen (secondary N) is 2. The summed E-state index contributed by atoms with van der Waals surface area (Å²) in [7, 11) is 0. The number of hydrogen-bond acceptors (Lipinski definition) is 5. The summed E-state index contributed by atoms with van der Waals surface area (Å²) in [6, 6.07) is 24.4. The van der Waals surface area contributed by atoms with Gasteiger partial charge < -0.3 is 20.5 Å². The van der Waals surface area contributed by atoms with Crippen molar-refractivity contribution in [3.8, 4) is 23.3 Å². The first kappa shape index (κ1) is 18.5. The first-order chi connectivity index (χ1) is 13.6. The Morgan fingerprint density at radius 3 is 2.32 bits per heavy atom. The zero-order valence-electron chi connectivity index (χ0n) is 14.8. The van der Waals surface area contributed by atoms with Crippen molar-refractivity contribution < 1.29 is 14.6 Å². The van der Waals surface area contributed by atoms with Crippen LogP contribution in [0, 0.1) is 11.3 Å². The van der Waals surface area contributed by atoms with Crippen LogP contribution >= 0.6 is 0 Å². The predicted octanol–water partition coefficient (Wildman–Crippen LogP) is 4.64. The first-order valence-corrected chi connectivity index (χ1v) is 8.44. The monoisotopic (exact) mass is 371 g/mol. The molecule has 3 aromatic carbocycles. The molecule has 6 heteroatoms. The van der Waals surface area contributed by atoms with E-state index in [0.717, 1.165) is 0 Å². The van der Waals surface area contributed by atoms with E-state index in [-0.39, 0.29) is 11.3 Å². The molecule has 3 rings (SSSR count). The van der Waals surface area contributed by atoms with Gasteiger partial charge in [0.25, 0.3) is 5.91 Å². The third kappa shape index (κ3) is 5.13. The lowest BCUT2D eigenvalue weighted by Gasteiger charge is -2.08. The van der Waals surface area contributed by atoms with Crippen LogP contribution in [0.3, 0.4) is 0 Å². The number of anilines is 2. The van der Waals surface area contributed by atoms with E-state index in [2.05, 4.69) is 10.6 Å². The number of rotatable bonds is 6. The third-order valence-corrected chi connectivity index (χ3v) is 3.69. The van der Waals surface area contributed by atoms with E-state index >= 15 is 0 Å². The molecule has 0 fully saturated rings. The predicted molar refractivity (Wildman–Crippen MR) is 107 cm³/mol. The molecule has 0 unspecified atom stereocenters. The number of phenolic OH excluding ortho intramolecular Hbond substituents is 1. The maximum absolute atomic E-state index is 12.3. The van der Waals surface area contributed by atoms with Crippen molar-refractivity contribution in [3.63, 3.8) is 0 Å². The van der Waals surface area contributed by atoms with Crippen molar-refractivity contribution in [3.05, 3.63) is 90.6 Å². The van der Waals surface area contributed by atoms with Gasteiger partial charge >= 0.3 is 0 Å². The number of carbonyl (C=O) groups is 1. The van der Waals surface area contributed by atoms with Gasteiger partial charge in [-0.2, -0.15) is 5.26 Å². The molecule has 0 aliphatic heterocycles. The Morgan fingerprint density at radius 2 is 1.64 bits per heavy atom. The van der Waals surface area contributed by atoms with Gasteiger partial charge in [0.05, 0.1) is 0 Å². The van der Waals surface area contributed by atoms with Crippen molar-refractivity contribution in [2.75, 3.05) is 10.6 Å². The van der Waals surface area contributed by atoms with Gasteiger partial charge in [-0.15, -0.1) is 0 Å². The van der Waals surface area contributed by atoms with Crippen LogP contribution in [0.2, 0.25) is 0 Å². The molecule has 0 radical (unpaired) electrons. The topological polar surface area (TPSA) is 94.4 Å². The van der Waals surface area contributed by atoms with Gasteiger partial charge in [0.1, 0.15) is 28.9 Å². The van der Waals surface area contributed by atoms with Crippen molar-refractivity contribution in [1.29, 1.82) is 5.26 Å². The van der Waals surface area contributed by atoms with E-state index in [4.69, 9.17) is 4.74 Å². The summed E-state index contributed by atoms with van der Waals surface area (Å²) in [5.41, 5.74) is 0.986.